The van der Waals surface area contributed by atoms with Crippen LogP contribution in [0.15, 0.2) is 61.7 Å². The largest absolute Gasteiger partial charge is 0.496 e. The van der Waals surface area contributed by atoms with Crippen LogP contribution in [0.3, 0.4) is 0 Å². The van der Waals surface area contributed by atoms with E-state index >= 15 is 0 Å². The summed E-state index contributed by atoms with van der Waals surface area (Å²) in [6.45, 7) is 10.4. The van der Waals surface area contributed by atoms with Crippen LogP contribution in [0, 0.1) is 0 Å². The normalized spacial score (nSPS) is 10.4. The van der Waals surface area contributed by atoms with Gasteiger partial charge in [0.05, 0.1) is 40.6 Å². The van der Waals surface area contributed by atoms with E-state index in [-0.39, 0.29) is 0 Å². The summed E-state index contributed by atoms with van der Waals surface area (Å²) in [6, 6.07) is 11.5. The predicted octanol–water partition coefficient (Wildman–Crippen LogP) is 4.65. The first kappa shape index (κ1) is 25.3. The molecule has 32 heavy (non-hydrogen) atoms. The molecule has 6 heteroatoms. The third-order valence-electron chi connectivity index (χ3n) is 4.66. The Morgan fingerprint density at radius 3 is 1.34 bits per heavy atom. The van der Waals surface area contributed by atoms with Gasteiger partial charge in [0, 0.05) is 11.1 Å². The second-order valence-corrected chi connectivity index (χ2v) is 6.78. The molecule has 0 fully saturated rings. The Labute approximate surface area is 191 Å². The van der Waals surface area contributed by atoms with Gasteiger partial charge in [0.15, 0.2) is 0 Å². The van der Waals surface area contributed by atoms with Crippen molar-refractivity contribution in [1.82, 2.24) is 0 Å². The molecular weight excluding hydrogens is 408 g/mol. The van der Waals surface area contributed by atoms with Crippen molar-refractivity contribution >= 4 is 0 Å². The zero-order chi connectivity index (χ0) is 23.0. The maximum absolute atomic E-state index is 5.85. The van der Waals surface area contributed by atoms with E-state index in [0.717, 1.165) is 34.1 Å². The van der Waals surface area contributed by atoms with Gasteiger partial charge in [-0.15, -0.1) is 13.2 Å². The van der Waals surface area contributed by atoms with E-state index < -0.39 is 0 Å². The zero-order valence-corrected chi connectivity index (χ0v) is 19.1. The minimum Gasteiger partial charge on any atom is -0.496 e. The van der Waals surface area contributed by atoms with Crippen molar-refractivity contribution < 1.29 is 28.4 Å². The molecule has 6 nitrogen and oxygen atoms in total. The maximum atomic E-state index is 5.85. The van der Waals surface area contributed by atoms with Gasteiger partial charge in [-0.2, -0.15) is 0 Å². The van der Waals surface area contributed by atoms with Crippen LogP contribution in [0.2, 0.25) is 0 Å². The van der Waals surface area contributed by atoms with Gasteiger partial charge in [-0.3, -0.25) is 0 Å². The molecule has 0 radical (unpaired) electrons. The van der Waals surface area contributed by atoms with Gasteiger partial charge in [0.25, 0.3) is 0 Å². The molecule has 0 N–H and O–H groups in total. The van der Waals surface area contributed by atoms with Crippen LogP contribution in [0.4, 0.5) is 0 Å². The van der Waals surface area contributed by atoms with E-state index in [1.807, 2.05) is 48.6 Å². The highest BCUT2D eigenvalue weighted by Crippen LogP contribution is 2.30. The van der Waals surface area contributed by atoms with Gasteiger partial charge >= 0.3 is 0 Å². The fraction of sp³-hybridized carbons (Fsp3) is 0.385. The quantitative estimate of drug-likeness (QED) is 0.263. The highest BCUT2D eigenvalue weighted by atomic mass is 16.6. The van der Waals surface area contributed by atoms with Gasteiger partial charge in [0.1, 0.15) is 36.2 Å². The number of allylic oxidation sites excluding steroid dienone is 2. The van der Waals surface area contributed by atoms with Crippen LogP contribution in [0.5, 0.6) is 23.0 Å². The molecule has 0 aromatic heterocycles. The summed E-state index contributed by atoms with van der Waals surface area (Å²) >= 11 is 0. The summed E-state index contributed by atoms with van der Waals surface area (Å²) in [7, 11) is 3.30. The molecule has 174 valence electrons. The molecule has 2 rings (SSSR count). The molecule has 0 spiro atoms. The first-order valence-corrected chi connectivity index (χ1v) is 10.7. The monoisotopic (exact) mass is 442 g/mol. The van der Waals surface area contributed by atoms with Crippen molar-refractivity contribution in [2.45, 2.75) is 12.8 Å². The SMILES string of the molecule is C=CCc1c(OC)cccc1OCCOCCOCCOc1cccc(OC)c1CC=C. The van der Waals surface area contributed by atoms with Gasteiger partial charge in [0.2, 0.25) is 0 Å². The number of rotatable bonds is 17. The third-order valence-corrected chi connectivity index (χ3v) is 4.66. The minimum atomic E-state index is 0.447. The number of hydrogen-bond acceptors (Lipinski definition) is 6. The van der Waals surface area contributed by atoms with Crippen LogP contribution >= 0.6 is 0 Å². The second kappa shape index (κ2) is 14.9. The van der Waals surface area contributed by atoms with Gasteiger partial charge in [-0.1, -0.05) is 24.3 Å². The van der Waals surface area contributed by atoms with Crippen molar-refractivity contribution in [3.63, 3.8) is 0 Å². The van der Waals surface area contributed by atoms with Crippen LogP contribution < -0.4 is 18.9 Å². The molecule has 0 bridgehead atoms. The Morgan fingerprint density at radius 1 is 0.594 bits per heavy atom. The predicted molar refractivity (Wildman–Crippen MR) is 126 cm³/mol. The summed E-state index contributed by atoms with van der Waals surface area (Å²) < 4.78 is 33.7. The van der Waals surface area contributed by atoms with E-state index in [1.54, 1.807) is 14.2 Å². The molecule has 0 unspecified atom stereocenters. The number of methoxy groups -OCH3 is 2. The first-order valence-electron chi connectivity index (χ1n) is 10.7. The van der Waals surface area contributed by atoms with E-state index in [1.165, 1.54) is 0 Å². The Kier molecular flexibility index (Phi) is 11.8. The van der Waals surface area contributed by atoms with Crippen molar-refractivity contribution in [2.24, 2.45) is 0 Å². The van der Waals surface area contributed by atoms with Gasteiger partial charge in [-0.25, -0.2) is 0 Å². The molecule has 0 aliphatic heterocycles. The molecule has 0 heterocycles. The Morgan fingerprint density at radius 2 is 0.969 bits per heavy atom. The molecule has 2 aromatic rings. The smallest absolute Gasteiger partial charge is 0.126 e. The molecule has 2 aromatic carbocycles. The highest BCUT2D eigenvalue weighted by Gasteiger charge is 2.09. The molecular formula is C26H34O6. The van der Waals surface area contributed by atoms with Crippen LogP contribution in [0.1, 0.15) is 11.1 Å². The fourth-order valence-corrected chi connectivity index (χ4v) is 3.18. The summed E-state index contributed by atoms with van der Waals surface area (Å²) in [6.07, 6.45) is 5.02. The summed E-state index contributed by atoms with van der Waals surface area (Å²) in [5, 5.41) is 0. The molecule has 0 aliphatic carbocycles. The van der Waals surface area contributed by atoms with Gasteiger partial charge < -0.3 is 28.4 Å². The lowest BCUT2D eigenvalue weighted by Gasteiger charge is -2.14. The fourth-order valence-electron chi connectivity index (χ4n) is 3.18. The summed E-state index contributed by atoms with van der Waals surface area (Å²) in [4.78, 5) is 0. The lowest BCUT2D eigenvalue weighted by molar-refractivity contribution is 0.0272. The van der Waals surface area contributed by atoms with Crippen molar-refractivity contribution in [2.75, 3.05) is 53.9 Å². The van der Waals surface area contributed by atoms with E-state index in [4.69, 9.17) is 28.4 Å². The molecule has 0 atom stereocenters. The molecule has 0 amide bonds. The van der Waals surface area contributed by atoms with Crippen molar-refractivity contribution in [3.8, 4) is 23.0 Å². The lowest BCUT2D eigenvalue weighted by atomic mass is 10.1. The molecule has 0 saturated heterocycles. The van der Waals surface area contributed by atoms with Crippen LogP contribution in [0.25, 0.3) is 0 Å². The third kappa shape index (κ3) is 7.94. The summed E-state index contributed by atoms with van der Waals surface area (Å²) in [5.41, 5.74) is 1.97. The maximum Gasteiger partial charge on any atom is 0.126 e. The Balaban J connectivity index is 1.60. The van der Waals surface area contributed by atoms with Crippen molar-refractivity contribution in [3.05, 3.63) is 72.8 Å². The first-order chi connectivity index (χ1) is 15.7. The second-order valence-electron chi connectivity index (χ2n) is 6.78. The molecule has 0 aliphatic rings. The lowest BCUT2D eigenvalue weighted by Crippen LogP contribution is -2.14. The Hall–Kier alpha value is -2.96. The zero-order valence-electron chi connectivity index (χ0n) is 19.1. The minimum absolute atomic E-state index is 0.447. The van der Waals surface area contributed by atoms with Crippen LogP contribution in [-0.2, 0) is 22.3 Å². The number of hydrogen-bond donors (Lipinski definition) is 0. The van der Waals surface area contributed by atoms with Crippen molar-refractivity contribution in [1.29, 1.82) is 0 Å². The van der Waals surface area contributed by atoms with E-state index in [2.05, 4.69) is 13.2 Å². The van der Waals surface area contributed by atoms with E-state index in [0.29, 0.717) is 52.5 Å². The number of benzene rings is 2. The number of ether oxygens (including phenoxy) is 6. The Bertz CT molecular complexity index is 764. The van der Waals surface area contributed by atoms with Gasteiger partial charge in [-0.05, 0) is 37.1 Å². The van der Waals surface area contributed by atoms with E-state index in [9.17, 15) is 0 Å². The standard InChI is InChI=1S/C26H34O6/c1-5-9-21-23(27-3)11-7-13-25(21)31-19-17-29-15-16-30-18-20-32-26-14-8-12-24(28-4)22(26)10-6-2/h5-8,11-14H,1-2,9-10,15-20H2,3-4H3. The average Bonchev–Trinajstić information content (AvgIpc) is 2.82. The average molecular weight is 443 g/mol. The molecule has 0 saturated carbocycles. The summed E-state index contributed by atoms with van der Waals surface area (Å²) in [5.74, 6) is 3.17. The van der Waals surface area contributed by atoms with Crippen LogP contribution in [-0.4, -0.2) is 53.9 Å². The highest BCUT2D eigenvalue weighted by molar-refractivity contribution is 5.46. The topological polar surface area (TPSA) is 55.4 Å².